The van der Waals surface area contributed by atoms with Crippen LogP contribution in [0, 0.1) is 0 Å². The number of amides is 1. The van der Waals surface area contributed by atoms with E-state index in [-0.39, 0.29) is 5.91 Å². The fourth-order valence-corrected chi connectivity index (χ4v) is 5.50. The summed E-state index contributed by atoms with van der Waals surface area (Å²) in [5.74, 6) is 0.973. The van der Waals surface area contributed by atoms with Crippen LogP contribution in [0.25, 0.3) is 10.2 Å². The molecule has 1 amide bonds. The average Bonchev–Trinajstić information content (AvgIpc) is 3.26. The van der Waals surface area contributed by atoms with Gasteiger partial charge in [-0.15, -0.1) is 0 Å². The Balaban J connectivity index is 1.27. The Hall–Kier alpha value is -3.61. The lowest BCUT2D eigenvalue weighted by molar-refractivity contribution is 0.102. The van der Waals surface area contributed by atoms with Crippen molar-refractivity contribution in [3.63, 3.8) is 0 Å². The van der Waals surface area contributed by atoms with Crippen molar-refractivity contribution in [3.8, 4) is 0 Å². The van der Waals surface area contributed by atoms with E-state index >= 15 is 0 Å². The molecule has 12 heteroatoms. The molecule has 3 heterocycles. The number of nitrogens with zero attached hydrogens (tertiary/aromatic N) is 5. The Morgan fingerprint density at radius 1 is 1.00 bits per heavy atom. The number of hydrogen-bond acceptors (Lipinski definition) is 9. The minimum absolute atomic E-state index is 0.203. The summed E-state index contributed by atoms with van der Waals surface area (Å²) < 4.78 is 25.9. The Kier molecular flexibility index (Phi) is 6.32. The number of rotatable bonds is 6. The largest absolute Gasteiger partial charge is 0.354 e. The Labute approximate surface area is 206 Å². The second-order valence-electron chi connectivity index (χ2n) is 8.03. The maximum atomic E-state index is 12.4. The topological polar surface area (TPSA) is 120 Å². The van der Waals surface area contributed by atoms with Crippen LogP contribution in [0.1, 0.15) is 10.4 Å². The summed E-state index contributed by atoms with van der Waals surface area (Å²) in [5, 5.41) is 6.60. The van der Waals surface area contributed by atoms with E-state index < -0.39 is 10.0 Å². The van der Waals surface area contributed by atoms with Crippen LogP contribution in [0.3, 0.4) is 0 Å². The van der Waals surface area contributed by atoms with Crippen LogP contribution >= 0.6 is 11.3 Å². The molecule has 180 valence electrons. The van der Waals surface area contributed by atoms with E-state index in [1.165, 1.54) is 21.9 Å². The molecule has 0 atom stereocenters. The Morgan fingerprint density at radius 2 is 1.77 bits per heavy atom. The molecule has 0 unspecified atom stereocenters. The summed E-state index contributed by atoms with van der Waals surface area (Å²) in [6.07, 6.45) is 2.91. The molecular formula is C23H23N7O3S2. The van der Waals surface area contributed by atoms with Crippen molar-refractivity contribution in [1.29, 1.82) is 0 Å². The molecule has 2 aromatic heterocycles. The highest BCUT2D eigenvalue weighted by Crippen LogP contribution is 2.29. The van der Waals surface area contributed by atoms with Crippen molar-refractivity contribution in [1.82, 2.24) is 19.3 Å². The summed E-state index contributed by atoms with van der Waals surface area (Å²) >= 11 is 1.39. The highest BCUT2D eigenvalue weighted by Gasteiger charge is 2.24. The number of fused-ring (bicyclic) bond motifs is 1. The van der Waals surface area contributed by atoms with Crippen LogP contribution in [0.5, 0.6) is 0 Å². The van der Waals surface area contributed by atoms with Gasteiger partial charge >= 0.3 is 0 Å². The maximum absolute atomic E-state index is 12.4. The van der Waals surface area contributed by atoms with E-state index in [2.05, 4.69) is 25.6 Å². The van der Waals surface area contributed by atoms with Crippen LogP contribution in [-0.2, 0) is 10.0 Å². The SMILES string of the molecule is CS(=O)(=O)N1CCN(c2ccnc(Nc3ccc4nc(NC(=O)c5ccccc5)sc4c3)n2)CC1. The van der Waals surface area contributed by atoms with Crippen molar-refractivity contribution in [2.75, 3.05) is 48.0 Å². The van der Waals surface area contributed by atoms with E-state index in [0.29, 0.717) is 42.8 Å². The standard InChI is InChI=1S/C23H23N7O3S2/c1-35(32,33)30-13-11-29(12-14-30)20-9-10-24-22(27-20)25-17-7-8-18-19(15-17)34-23(26-18)28-21(31)16-5-3-2-4-6-16/h2-10,15H,11-14H2,1H3,(H,24,25,27)(H,26,28,31). The lowest BCUT2D eigenvalue weighted by Gasteiger charge is -2.33. The highest BCUT2D eigenvalue weighted by atomic mass is 32.2. The first-order valence-electron chi connectivity index (χ1n) is 10.9. The molecule has 35 heavy (non-hydrogen) atoms. The van der Waals surface area contributed by atoms with Crippen LogP contribution in [0.15, 0.2) is 60.8 Å². The third-order valence-electron chi connectivity index (χ3n) is 5.57. The molecule has 1 saturated heterocycles. The van der Waals surface area contributed by atoms with E-state index in [0.717, 1.165) is 21.7 Å². The fourth-order valence-electron chi connectivity index (χ4n) is 3.78. The van der Waals surface area contributed by atoms with Crippen molar-refractivity contribution < 1.29 is 13.2 Å². The van der Waals surface area contributed by atoms with Crippen molar-refractivity contribution in [2.45, 2.75) is 0 Å². The molecule has 5 rings (SSSR count). The van der Waals surface area contributed by atoms with Gasteiger partial charge in [0, 0.05) is 43.6 Å². The highest BCUT2D eigenvalue weighted by molar-refractivity contribution is 7.88. The number of thiazole rings is 1. The van der Waals surface area contributed by atoms with Gasteiger partial charge in [-0.2, -0.15) is 9.29 Å². The molecule has 0 radical (unpaired) electrons. The van der Waals surface area contributed by atoms with Gasteiger partial charge in [-0.05, 0) is 36.4 Å². The van der Waals surface area contributed by atoms with E-state index in [1.807, 2.05) is 47.4 Å². The van der Waals surface area contributed by atoms with Gasteiger partial charge in [0.25, 0.3) is 5.91 Å². The van der Waals surface area contributed by atoms with Gasteiger partial charge in [-0.1, -0.05) is 29.5 Å². The fraction of sp³-hybridized carbons (Fsp3) is 0.217. The Bertz CT molecular complexity index is 1470. The predicted octanol–water partition coefficient (Wildman–Crippen LogP) is 3.16. The monoisotopic (exact) mass is 509 g/mol. The number of carbonyl (C=O) groups excluding carboxylic acids is 1. The van der Waals surface area contributed by atoms with Crippen LogP contribution in [-0.4, -0.2) is 66.0 Å². The van der Waals surface area contributed by atoms with Gasteiger partial charge in [0.05, 0.1) is 16.5 Å². The molecule has 0 saturated carbocycles. The smallest absolute Gasteiger partial charge is 0.257 e. The Morgan fingerprint density at radius 3 is 2.51 bits per heavy atom. The molecule has 1 fully saturated rings. The zero-order valence-electron chi connectivity index (χ0n) is 18.9. The summed E-state index contributed by atoms with van der Waals surface area (Å²) in [5.41, 5.74) is 2.15. The van der Waals surface area contributed by atoms with E-state index in [1.54, 1.807) is 18.3 Å². The molecule has 4 aromatic rings. The molecule has 10 nitrogen and oxygen atoms in total. The van der Waals surface area contributed by atoms with Gasteiger partial charge in [0.2, 0.25) is 16.0 Å². The lowest BCUT2D eigenvalue weighted by Crippen LogP contribution is -2.48. The van der Waals surface area contributed by atoms with Crippen molar-refractivity contribution >= 4 is 60.1 Å². The van der Waals surface area contributed by atoms with Crippen molar-refractivity contribution in [3.05, 3.63) is 66.4 Å². The number of nitrogens with one attached hydrogen (secondary N) is 2. The van der Waals surface area contributed by atoms with Crippen LogP contribution in [0.2, 0.25) is 0 Å². The van der Waals surface area contributed by atoms with Gasteiger partial charge in [-0.25, -0.2) is 18.4 Å². The van der Waals surface area contributed by atoms with Gasteiger partial charge in [0.1, 0.15) is 5.82 Å². The second-order valence-corrected chi connectivity index (χ2v) is 11.0. The van der Waals surface area contributed by atoms with Gasteiger partial charge < -0.3 is 10.2 Å². The van der Waals surface area contributed by atoms with Crippen molar-refractivity contribution in [2.24, 2.45) is 0 Å². The molecular weight excluding hydrogens is 486 g/mol. The van der Waals surface area contributed by atoms with E-state index in [9.17, 15) is 13.2 Å². The first-order valence-corrected chi connectivity index (χ1v) is 13.6. The first-order chi connectivity index (χ1) is 16.8. The number of hydrogen-bond donors (Lipinski definition) is 2. The second kappa shape index (κ2) is 9.56. The van der Waals surface area contributed by atoms with Gasteiger partial charge in [-0.3, -0.25) is 10.1 Å². The third kappa shape index (κ3) is 5.39. The summed E-state index contributed by atoms with van der Waals surface area (Å²) in [4.78, 5) is 27.9. The normalized spacial score (nSPS) is 14.7. The molecule has 0 spiro atoms. The summed E-state index contributed by atoms with van der Waals surface area (Å²) in [6, 6.07) is 16.5. The summed E-state index contributed by atoms with van der Waals surface area (Å²) in [7, 11) is -3.18. The minimum atomic E-state index is -3.18. The number of aromatic nitrogens is 3. The van der Waals surface area contributed by atoms with Crippen LogP contribution < -0.4 is 15.5 Å². The molecule has 1 aliphatic heterocycles. The number of benzene rings is 2. The van der Waals surface area contributed by atoms with Crippen LogP contribution in [0.4, 0.5) is 22.6 Å². The minimum Gasteiger partial charge on any atom is -0.354 e. The average molecular weight is 510 g/mol. The lowest BCUT2D eigenvalue weighted by atomic mass is 10.2. The predicted molar refractivity (Wildman–Crippen MR) is 138 cm³/mol. The zero-order chi connectivity index (χ0) is 24.4. The number of anilines is 4. The third-order valence-corrected chi connectivity index (χ3v) is 7.81. The number of piperazine rings is 1. The van der Waals surface area contributed by atoms with Gasteiger partial charge in [0.15, 0.2) is 5.13 Å². The molecule has 1 aliphatic rings. The molecule has 2 N–H and O–H groups in total. The molecule has 0 aliphatic carbocycles. The maximum Gasteiger partial charge on any atom is 0.257 e. The molecule has 2 aromatic carbocycles. The summed E-state index contributed by atoms with van der Waals surface area (Å²) in [6.45, 7) is 1.98. The zero-order valence-corrected chi connectivity index (χ0v) is 20.5. The first kappa shape index (κ1) is 23.1. The number of carbonyl (C=O) groups is 1. The quantitative estimate of drug-likeness (QED) is 0.407. The molecule has 0 bridgehead atoms. The van der Waals surface area contributed by atoms with E-state index in [4.69, 9.17) is 0 Å². The number of sulfonamides is 1.